The van der Waals surface area contributed by atoms with Gasteiger partial charge in [0.15, 0.2) is 0 Å². The summed E-state index contributed by atoms with van der Waals surface area (Å²) in [5, 5.41) is 3.17. The lowest BCUT2D eigenvalue weighted by molar-refractivity contribution is -0.137. The molecule has 1 rings (SSSR count). The van der Waals surface area contributed by atoms with E-state index in [2.05, 4.69) is 21.9 Å². The molecule has 0 bridgehead atoms. The molecule has 1 aromatic carbocycles. The number of hydrogen-bond acceptors (Lipinski definition) is 1. The van der Waals surface area contributed by atoms with E-state index in [1.165, 1.54) is 6.07 Å². The summed E-state index contributed by atoms with van der Waals surface area (Å²) in [5.41, 5.74) is 8.20. The van der Waals surface area contributed by atoms with E-state index in [9.17, 15) is 13.2 Å². The number of alkyl halides is 3. The molecule has 0 radical (unpaired) electrons. The van der Waals surface area contributed by atoms with Crippen LogP contribution in [0.1, 0.15) is 16.7 Å². The fourth-order valence-corrected chi connectivity index (χ4v) is 1.13. The minimum absolute atomic E-state index is 0.0633. The zero-order chi connectivity index (χ0) is 12.9. The maximum absolute atomic E-state index is 12.4. The Morgan fingerprint density at radius 3 is 2.71 bits per heavy atom. The van der Waals surface area contributed by atoms with Crippen LogP contribution in [0.3, 0.4) is 0 Å². The predicted molar refractivity (Wildman–Crippen MR) is 57.1 cm³/mol. The Bertz CT molecular complexity index is 517. The van der Waals surface area contributed by atoms with E-state index in [0.717, 1.165) is 12.1 Å². The lowest BCUT2D eigenvalue weighted by atomic mass is 10.1. The van der Waals surface area contributed by atoms with E-state index in [4.69, 9.17) is 5.53 Å². The van der Waals surface area contributed by atoms with Gasteiger partial charge in [-0.05, 0) is 30.2 Å². The number of benzene rings is 1. The van der Waals surface area contributed by atoms with Crippen LogP contribution < -0.4 is 0 Å². The van der Waals surface area contributed by atoms with Gasteiger partial charge in [-0.1, -0.05) is 23.0 Å². The first-order chi connectivity index (χ1) is 7.95. The van der Waals surface area contributed by atoms with Crippen molar-refractivity contribution in [1.82, 2.24) is 0 Å². The summed E-state index contributed by atoms with van der Waals surface area (Å²) in [7, 11) is 0. The number of aryl methyl sites for hydroxylation is 1. The zero-order valence-corrected chi connectivity index (χ0v) is 8.91. The van der Waals surface area contributed by atoms with Gasteiger partial charge < -0.3 is 0 Å². The quantitative estimate of drug-likeness (QED) is 0.310. The van der Waals surface area contributed by atoms with E-state index in [1.54, 1.807) is 6.92 Å². The molecule has 0 fully saturated rings. The highest BCUT2D eigenvalue weighted by Crippen LogP contribution is 2.30. The second-order valence-electron chi connectivity index (χ2n) is 3.22. The second kappa shape index (κ2) is 5.28. The summed E-state index contributed by atoms with van der Waals surface area (Å²) >= 11 is 0. The average Bonchev–Trinajstić information content (AvgIpc) is 2.25. The molecule has 0 amide bonds. The van der Waals surface area contributed by atoms with Gasteiger partial charge in [-0.25, -0.2) is 0 Å². The average molecular weight is 239 g/mol. The van der Waals surface area contributed by atoms with E-state index < -0.39 is 11.7 Å². The third-order valence-electron chi connectivity index (χ3n) is 2.00. The van der Waals surface area contributed by atoms with Crippen molar-refractivity contribution in [2.75, 3.05) is 6.54 Å². The molecule has 6 heteroatoms. The summed E-state index contributed by atoms with van der Waals surface area (Å²) in [6.45, 7) is 1.60. The molecule has 17 heavy (non-hydrogen) atoms. The lowest BCUT2D eigenvalue weighted by Gasteiger charge is -2.07. The van der Waals surface area contributed by atoms with E-state index >= 15 is 0 Å². The topological polar surface area (TPSA) is 48.8 Å². The van der Waals surface area contributed by atoms with Gasteiger partial charge in [-0.3, -0.25) is 0 Å². The van der Waals surface area contributed by atoms with Gasteiger partial charge in [0.05, 0.1) is 12.1 Å². The molecule has 3 nitrogen and oxygen atoms in total. The molecule has 0 aliphatic carbocycles. The van der Waals surface area contributed by atoms with Gasteiger partial charge in [0.1, 0.15) is 0 Å². The molecule has 0 N–H and O–H groups in total. The third-order valence-corrected chi connectivity index (χ3v) is 2.00. The summed E-state index contributed by atoms with van der Waals surface area (Å²) in [6.07, 6.45) is -4.38. The lowest BCUT2D eigenvalue weighted by Crippen LogP contribution is -2.05. The Hall–Kier alpha value is -2.12. The Morgan fingerprint density at radius 2 is 2.12 bits per heavy atom. The molecule has 0 saturated carbocycles. The maximum Gasteiger partial charge on any atom is 0.416 e. The van der Waals surface area contributed by atoms with Crippen molar-refractivity contribution >= 4 is 0 Å². The van der Waals surface area contributed by atoms with Gasteiger partial charge in [0.25, 0.3) is 0 Å². The van der Waals surface area contributed by atoms with Crippen molar-refractivity contribution in [3.8, 4) is 11.8 Å². The first-order valence-electron chi connectivity index (χ1n) is 4.62. The molecule has 0 aliphatic rings. The largest absolute Gasteiger partial charge is 0.416 e. The Kier molecular flexibility index (Phi) is 4.02. The van der Waals surface area contributed by atoms with Crippen LogP contribution in [0, 0.1) is 18.8 Å². The Morgan fingerprint density at radius 1 is 1.41 bits per heavy atom. The first-order valence-corrected chi connectivity index (χ1v) is 4.62. The summed E-state index contributed by atoms with van der Waals surface area (Å²) in [5.74, 6) is 5.03. The summed E-state index contributed by atoms with van der Waals surface area (Å²) < 4.78 is 37.3. The van der Waals surface area contributed by atoms with Crippen molar-refractivity contribution < 1.29 is 13.2 Å². The molecule has 0 saturated heterocycles. The molecule has 0 spiro atoms. The molecule has 0 heterocycles. The molecule has 0 atom stereocenters. The molecular weight excluding hydrogens is 231 g/mol. The molecule has 0 aliphatic heterocycles. The van der Waals surface area contributed by atoms with Crippen LogP contribution in [0.5, 0.6) is 0 Å². The van der Waals surface area contributed by atoms with Crippen molar-refractivity contribution in [3.63, 3.8) is 0 Å². The third kappa shape index (κ3) is 3.74. The van der Waals surface area contributed by atoms with Gasteiger partial charge in [0, 0.05) is 10.5 Å². The number of hydrogen-bond donors (Lipinski definition) is 0. The standard InChI is InChI=1S/C11H8F3N3/c1-8-4-5-10(11(12,13)14)7-9(8)3-2-6-16-17-15/h4-5,7H,6H2,1H3. The maximum atomic E-state index is 12.4. The molecule has 1 aromatic rings. The van der Waals surface area contributed by atoms with Crippen LogP contribution in [0.25, 0.3) is 10.4 Å². The summed E-state index contributed by atoms with van der Waals surface area (Å²) in [6, 6.07) is 3.35. The van der Waals surface area contributed by atoms with Crippen LogP contribution >= 0.6 is 0 Å². The van der Waals surface area contributed by atoms with Gasteiger partial charge in [0.2, 0.25) is 0 Å². The normalized spacial score (nSPS) is 10.1. The highest BCUT2D eigenvalue weighted by Gasteiger charge is 2.30. The van der Waals surface area contributed by atoms with Crippen molar-refractivity contribution in [3.05, 3.63) is 45.3 Å². The van der Waals surface area contributed by atoms with Crippen molar-refractivity contribution in [2.45, 2.75) is 13.1 Å². The monoisotopic (exact) mass is 239 g/mol. The summed E-state index contributed by atoms with van der Waals surface area (Å²) in [4.78, 5) is 2.49. The van der Waals surface area contributed by atoms with Crippen molar-refractivity contribution in [2.24, 2.45) is 5.11 Å². The number of halogens is 3. The molecule has 0 aromatic heterocycles. The highest BCUT2D eigenvalue weighted by molar-refractivity contribution is 5.44. The van der Waals surface area contributed by atoms with Gasteiger partial charge in [-0.2, -0.15) is 13.2 Å². The fraction of sp³-hybridized carbons (Fsp3) is 0.273. The molecule has 88 valence electrons. The van der Waals surface area contributed by atoms with Gasteiger partial charge in [-0.15, -0.1) is 0 Å². The van der Waals surface area contributed by atoms with E-state index in [-0.39, 0.29) is 12.1 Å². The minimum atomic E-state index is -4.38. The minimum Gasteiger partial charge on any atom is -0.166 e. The highest BCUT2D eigenvalue weighted by atomic mass is 19.4. The van der Waals surface area contributed by atoms with Crippen molar-refractivity contribution in [1.29, 1.82) is 0 Å². The van der Waals surface area contributed by atoms with E-state index in [1.807, 2.05) is 0 Å². The van der Waals surface area contributed by atoms with Crippen LogP contribution in [-0.4, -0.2) is 6.54 Å². The second-order valence-corrected chi connectivity index (χ2v) is 3.22. The van der Waals surface area contributed by atoms with Crippen LogP contribution in [0.4, 0.5) is 13.2 Å². The predicted octanol–water partition coefficient (Wildman–Crippen LogP) is 3.68. The van der Waals surface area contributed by atoms with Crippen LogP contribution in [-0.2, 0) is 6.18 Å². The zero-order valence-electron chi connectivity index (χ0n) is 8.91. The molecular formula is C11H8F3N3. The van der Waals surface area contributed by atoms with Crippen LogP contribution in [0.2, 0.25) is 0 Å². The number of azide groups is 1. The smallest absolute Gasteiger partial charge is 0.166 e. The molecule has 0 unspecified atom stereocenters. The van der Waals surface area contributed by atoms with Crippen LogP contribution in [0.15, 0.2) is 23.3 Å². The first kappa shape index (κ1) is 12.9. The number of rotatable bonds is 1. The number of nitrogens with zero attached hydrogens (tertiary/aromatic N) is 3. The van der Waals surface area contributed by atoms with E-state index in [0.29, 0.717) is 5.56 Å². The van der Waals surface area contributed by atoms with Gasteiger partial charge >= 0.3 is 6.18 Å². The fourth-order valence-electron chi connectivity index (χ4n) is 1.13. The SMILES string of the molecule is Cc1ccc(C(F)(F)F)cc1C#CCN=[N+]=[N-]. The Labute approximate surface area is 95.9 Å². The Balaban J connectivity index is 3.05.